The number of piperazine rings is 1. The standard InChI is InChI=1S/C32H41N5O3/c1-32(2)26-18-28(37-10-8-36(9-11-37)23-19-40-20-23)21(4-3-7-35-12-14-39-15-13-35)16-25(26)30(38)29-24-6-5-22(33)17-27(24)34-31(29)32/h5-6,16-18,23,34H,3-4,7-15,19-20,33H2,1-2H3. The lowest BCUT2D eigenvalue weighted by Gasteiger charge is -2.44. The number of anilines is 2. The number of carbonyl (C=O) groups is 1. The number of benzene rings is 2. The quantitative estimate of drug-likeness (QED) is 0.461. The maximum Gasteiger partial charge on any atom is 0.195 e. The Balaban J connectivity index is 1.24. The summed E-state index contributed by atoms with van der Waals surface area (Å²) in [5.41, 5.74) is 13.8. The number of hydrogen-bond acceptors (Lipinski definition) is 7. The van der Waals surface area contributed by atoms with Crippen molar-refractivity contribution in [3.63, 3.8) is 0 Å². The molecule has 212 valence electrons. The van der Waals surface area contributed by atoms with E-state index in [0.717, 1.165) is 118 Å². The molecule has 3 fully saturated rings. The molecule has 40 heavy (non-hydrogen) atoms. The third kappa shape index (κ3) is 4.42. The maximum atomic E-state index is 14.2. The highest BCUT2D eigenvalue weighted by Crippen LogP contribution is 2.46. The summed E-state index contributed by atoms with van der Waals surface area (Å²) in [6.45, 7) is 15.0. The summed E-state index contributed by atoms with van der Waals surface area (Å²) in [5, 5.41) is 0.960. The zero-order valence-electron chi connectivity index (χ0n) is 23.8. The fraction of sp³-hybridized carbons (Fsp3) is 0.531. The summed E-state index contributed by atoms with van der Waals surface area (Å²) < 4.78 is 11.0. The Kier molecular flexibility index (Phi) is 6.62. The Morgan fingerprint density at radius 3 is 2.50 bits per heavy atom. The maximum absolute atomic E-state index is 14.2. The summed E-state index contributed by atoms with van der Waals surface area (Å²) in [6, 6.07) is 11.0. The molecule has 3 N–H and O–H groups in total. The Morgan fingerprint density at radius 2 is 1.77 bits per heavy atom. The van der Waals surface area contributed by atoms with E-state index in [-0.39, 0.29) is 11.2 Å². The van der Waals surface area contributed by atoms with Crippen molar-refractivity contribution in [3.05, 3.63) is 58.3 Å². The molecule has 8 heteroatoms. The number of nitrogens with one attached hydrogen (secondary N) is 1. The number of nitrogens with two attached hydrogens (primary N) is 1. The first-order chi connectivity index (χ1) is 19.4. The van der Waals surface area contributed by atoms with Crippen LogP contribution in [0.5, 0.6) is 0 Å². The van der Waals surface area contributed by atoms with Crippen molar-refractivity contribution in [2.45, 2.75) is 38.1 Å². The number of aromatic nitrogens is 1. The highest BCUT2D eigenvalue weighted by atomic mass is 16.5. The van der Waals surface area contributed by atoms with Crippen LogP contribution in [0.3, 0.4) is 0 Å². The van der Waals surface area contributed by atoms with Crippen molar-refractivity contribution in [3.8, 4) is 0 Å². The molecule has 3 saturated heterocycles. The third-order valence-corrected chi connectivity index (χ3v) is 9.63. The molecule has 4 heterocycles. The summed E-state index contributed by atoms with van der Waals surface area (Å²) in [6.07, 6.45) is 2.03. The number of carbonyl (C=O) groups excluding carboxylic acids is 1. The first kappa shape index (κ1) is 26.0. The second kappa shape index (κ2) is 10.2. The molecule has 8 nitrogen and oxygen atoms in total. The number of morpholine rings is 1. The summed E-state index contributed by atoms with van der Waals surface area (Å²) >= 11 is 0. The minimum absolute atomic E-state index is 0.121. The molecule has 3 aliphatic heterocycles. The average molecular weight is 544 g/mol. The molecule has 4 aliphatic rings. The lowest BCUT2D eigenvalue weighted by atomic mass is 9.70. The van der Waals surface area contributed by atoms with Crippen molar-refractivity contribution in [2.75, 3.05) is 82.9 Å². The van der Waals surface area contributed by atoms with Crippen LogP contribution < -0.4 is 10.6 Å². The van der Waals surface area contributed by atoms with Gasteiger partial charge < -0.3 is 25.1 Å². The highest BCUT2D eigenvalue weighted by Gasteiger charge is 2.41. The Bertz CT molecular complexity index is 1430. The van der Waals surface area contributed by atoms with Crippen LogP contribution in [0.4, 0.5) is 11.4 Å². The number of ether oxygens (including phenoxy) is 2. The van der Waals surface area contributed by atoms with Gasteiger partial charge >= 0.3 is 0 Å². The normalized spacial score (nSPS) is 21.9. The van der Waals surface area contributed by atoms with E-state index in [4.69, 9.17) is 15.2 Å². The second-order valence-corrected chi connectivity index (χ2v) is 12.4. The zero-order chi connectivity index (χ0) is 27.4. The Hall–Kier alpha value is -2.91. The van der Waals surface area contributed by atoms with Gasteiger partial charge in [0.2, 0.25) is 0 Å². The molecule has 0 radical (unpaired) electrons. The fourth-order valence-corrected chi connectivity index (χ4v) is 7.10. The minimum Gasteiger partial charge on any atom is -0.399 e. The van der Waals surface area contributed by atoms with Crippen molar-refractivity contribution in [1.82, 2.24) is 14.8 Å². The van der Waals surface area contributed by atoms with Crippen LogP contribution in [0.1, 0.15) is 53.0 Å². The SMILES string of the molecule is CC1(C)c2cc(N3CCN(C4COC4)CC3)c(CCCN3CCOCC3)cc2C(=O)c2c1[nH]c1cc(N)ccc21. The first-order valence-corrected chi connectivity index (χ1v) is 14.9. The number of fused-ring (bicyclic) bond motifs is 4. The number of rotatable bonds is 6. The van der Waals surface area contributed by atoms with Crippen LogP contribution in [0.2, 0.25) is 0 Å². The number of aromatic amines is 1. The van der Waals surface area contributed by atoms with Gasteiger partial charge in [0.1, 0.15) is 0 Å². The minimum atomic E-state index is -0.335. The molecule has 0 amide bonds. The molecule has 3 aromatic rings. The van der Waals surface area contributed by atoms with Gasteiger partial charge in [-0.2, -0.15) is 0 Å². The molecule has 0 atom stereocenters. The van der Waals surface area contributed by atoms with E-state index >= 15 is 0 Å². The van der Waals surface area contributed by atoms with Gasteiger partial charge in [0.25, 0.3) is 0 Å². The predicted molar refractivity (Wildman–Crippen MR) is 159 cm³/mol. The Labute approximate surface area is 236 Å². The van der Waals surface area contributed by atoms with Crippen molar-refractivity contribution in [2.24, 2.45) is 0 Å². The second-order valence-electron chi connectivity index (χ2n) is 12.4. The summed E-state index contributed by atoms with van der Waals surface area (Å²) in [4.78, 5) is 25.4. The fourth-order valence-electron chi connectivity index (χ4n) is 7.10. The number of H-pyrrole nitrogens is 1. The van der Waals surface area contributed by atoms with Crippen LogP contribution in [-0.2, 0) is 21.3 Å². The number of nitrogens with zero attached hydrogens (tertiary/aromatic N) is 3. The van der Waals surface area contributed by atoms with Crippen LogP contribution >= 0.6 is 0 Å². The van der Waals surface area contributed by atoms with Gasteiger partial charge in [-0.25, -0.2) is 0 Å². The van der Waals surface area contributed by atoms with Crippen molar-refractivity contribution in [1.29, 1.82) is 0 Å². The topological polar surface area (TPSA) is 87.1 Å². The third-order valence-electron chi connectivity index (χ3n) is 9.63. The molecule has 0 saturated carbocycles. The lowest BCUT2D eigenvalue weighted by Crippen LogP contribution is -2.56. The molecular weight excluding hydrogens is 502 g/mol. The van der Waals surface area contributed by atoms with Gasteiger partial charge in [-0.15, -0.1) is 0 Å². The Morgan fingerprint density at radius 1 is 1.00 bits per heavy atom. The van der Waals surface area contributed by atoms with E-state index in [1.54, 1.807) is 0 Å². The van der Waals surface area contributed by atoms with E-state index in [9.17, 15) is 4.79 Å². The summed E-state index contributed by atoms with van der Waals surface area (Å²) in [5.74, 6) is 0.121. The van der Waals surface area contributed by atoms with Crippen LogP contribution in [0.25, 0.3) is 10.9 Å². The number of aryl methyl sites for hydroxylation is 1. The van der Waals surface area contributed by atoms with Crippen LogP contribution in [0, 0.1) is 0 Å². The molecule has 0 spiro atoms. The predicted octanol–water partition coefficient (Wildman–Crippen LogP) is 3.41. The molecule has 0 unspecified atom stereocenters. The van der Waals surface area contributed by atoms with Gasteiger partial charge in [-0.1, -0.05) is 19.9 Å². The van der Waals surface area contributed by atoms with Crippen LogP contribution in [-0.4, -0.2) is 98.8 Å². The largest absolute Gasteiger partial charge is 0.399 e. The van der Waals surface area contributed by atoms with Crippen molar-refractivity contribution >= 4 is 28.1 Å². The zero-order valence-corrected chi connectivity index (χ0v) is 23.8. The molecule has 7 rings (SSSR count). The van der Waals surface area contributed by atoms with E-state index in [1.165, 1.54) is 11.3 Å². The molecule has 0 bridgehead atoms. The number of ketones is 1. The average Bonchev–Trinajstić information content (AvgIpc) is 3.32. The van der Waals surface area contributed by atoms with Crippen LogP contribution in [0.15, 0.2) is 30.3 Å². The van der Waals surface area contributed by atoms with Gasteiger partial charge in [-0.05, 0) is 54.8 Å². The summed E-state index contributed by atoms with van der Waals surface area (Å²) in [7, 11) is 0. The van der Waals surface area contributed by atoms with E-state index in [1.807, 2.05) is 18.2 Å². The molecule has 1 aliphatic carbocycles. The number of hydrogen-bond donors (Lipinski definition) is 2. The molecule has 1 aromatic heterocycles. The van der Waals surface area contributed by atoms with Gasteiger partial charge in [0.15, 0.2) is 5.78 Å². The van der Waals surface area contributed by atoms with E-state index in [0.29, 0.717) is 11.7 Å². The van der Waals surface area contributed by atoms with Gasteiger partial charge in [0.05, 0.1) is 38.0 Å². The monoisotopic (exact) mass is 543 g/mol. The van der Waals surface area contributed by atoms with Gasteiger partial charge in [0, 0.05) is 78.2 Å². The smallest absolute Gasteiger partial charge is 0.195 e. The van der Waals surface area contributed by atoms with Crippen molar-refractivity contribution < 1.29 is 14.3 Å². The first-order valence-electron chi connectivity index (χ1n) is 14.9. The highest BCUT2D eigenvalue weighted by molar-refractivity contribution is 6.20. The molecular formula is C32H41N5O3. The lowest BCUT2D eigenvalue weighted by molar-refractivity contribution is -0.0660. The van der Waals surface area contributed by atoms with E-state index < -0.39 is 0 Å². The number of nitrogen functional groups attached to an aromatic ring is 1. The van der Waals surface area contributed by atoms with Gasteiger partial charge in [-0.3, -0.25) is 14.6 Å². The van der Waals surface area contributed by atoms with E-state index in [2.05, 4.69) is 45.7 Å². The molecule has 2 aromatic carbocycles.